The number of hydrogen-bond donors (Lipinski definition) is 0. The number of para-hydroxylation sites is 1. The molecule has 1 aromatic carbocycles. The van der Waals surface area contributed by atoms with Gasteiger partial charge in [-0.2, -0.15) is 0 Å². The second kappa shape index (κ2) is 5.92. The van der Waals surface area contributed by atoms with Crippen LogP contribution in [-0.2, 0) is 16.1 Å². The van der Waals surface area contributed by atoms with Gasteiger partial charge < -0.3 is 14.5 Å². The van der Waals surface area contributed by atoms with Crippen LogP contribution in [0.1, 0.15) is 12.5 Å². The molecule has 3 rings (SSSR count). The monoisotopic (exact) mass is 329 g/mol. The highest BCUT2D eigenvalue weighted by atomic mass is 32.2. The van der Waals surface area contributed by atoms with Crippen molar-refractivity contribution >= 4 is 45.9 Å². The number of thioether (sulfide) groups is 1. The lowest BCUT2D eigenvalue weighted by Gasteiger charge is -2.06. The molecule has 118 valence electrons. The Labute approximate surface area is 136 Å². The highest BCUT2D eigenvalue weighted by molar-refractivity contribution is 8.18. The van der Waals surface area contributed by atoms with Crippen LogP contribution in [0.5, 0.6) is 0 Å². The number of benzene rings is 1. The zero-order chi connectivity index (χ0) is 16.6. The SMILES string of the molecule is CCN1C(=O)S/C(=C\c2cn(CC(=O)[O-])c3ccccc23)C1=O. The van der Waals surface area contributed by atoms with E-state index in [4.69, 9.17) is 0 Å². The van der Waals surface area contributed by atoms with Gasteiger partial charge in [0.2, 0.25) is 0 Å². The van der Waals surface area contributed by atoms with Crippen molar-refractivity contribution in [2.75, 3.05) is 6.54 Å². The van der Waals surface area contributed by atoms with Crippen LogP contribution in [-0.4, -0.2) is 33.1 Å². The van der Waals surface area contributed by atoms with Crippen LogP contribution in [0.15, 0.2) is 35.4 Å². The lowest BCUT2D eigenvalue weighted by atomic mass is 10.1. The Morgan fingerprint density at radius 2 is 2.04 bits per heavy atom. The molecule has 2 amide bonds. The highest BCUT2D eigenvalue weighted by Crippen LogP contribution is 2.33. The zero-order valence-electron chi connectivity index (χ0n) is 12.3. The van der Waals surface area contributed by atoms with Crippen molar-refractivity contribution in [3.05, 3.63) is 40.9 Å². The largest absolute Gasteiger partial charge is 0.548 e. The van der Waals surface area contributed by atoms with Crippen molar-refractivity contribution in [1.29, 1.82) is 0 Å². The topological polar surface area (TPSA) is 82.4 Å². The summed E-state index contributed by atoms with van der Waals surface area (Å²) in [7, 11) is 0. The van der Waals surface area contributed by atoms with E-state index in [1.165, 1.54) is 4.90 Å². The van der Waals surface area contributed by atoms with E-state index in [0.717, 1.165) is 22.7 Å². The predicted molar refractivity (Wildman–Crippen MR) is 85.3 cm³/mol. The van der Waals surface area contributed by atoms with Gasteiger partial charge in [-0.1, -0.05) is 18.2 Å². The van der Waals surface area contributed by atoms with E-state index in [2.05, 4.69) is 0 Å². The first kappa shape index (κ1) is 15.4. The fraction of sp³-hybridized carbons (Fsp3) is 0.188. The molecule has 0 radical (unpaired) electrons. The average molecular weight is 329 g/mol. The van der Waals surface area contributed by atoms with Crippen molar-refractivity contribution in [3.8, 4) is 0 Å². The minimum atomic E-state index is -1.19. The fourth-order valence-corrected chi connectivity index (χ4v) is 3.47. The second-order valence-corrected chi connectivity index (χ2v) is 6.02. The fourth-order valence-electron chi connectivity index (χ4n) is 2.57. The van der Waals surface area contributed by atoms with Crippen LogP contribution < -0.4 is 5.11 Å². The van der Waals surface area contributed by atoms with Crippen LogP contribution in [0.2, 0.25) is 0 Å². The summed E-state index contributed by atoms with van der Waals surface area (Å²) < 4.78 is 1.56. The van der Waals surface area contributed by atoms with Gasteiger partial charge in [-0.15, -0.1) is 0 Å². The van der Waals surface area contributed by atoms with Crippen molar-refractivity contribution < 1.29 is 19.5 Å². The number of hydrogen-bond acceptors (Lipinski definition) is 5. The van der Waals surface area contributed by atoms with Crippen molar-refractivity contribution in [2.24, 2.45) is 0 Å². The van der Waals surface area contributed by atoms with Gasteiger partial charge in [-0.25, -0.2) is 0 Å². The molecule has 2 heterocycles. The predicted octanol–water partition coefficient (Wildman–Crippen LogP) is 1.45. The summed E-state index contributed by atoms with van der Waals surface area (Å²) in [5.74, 6) is -1.51. The van der Waals surface area contributed by atoms with E-state index in [1.54, 1.807) is 29.8 Å². The maximum absolute atomic E-state index is 12.2. The molecular formula is C16H13N2O4S-. The summed E-state index contributed by atoms with van der Waals surface area (Å²) in [5.41, 5.74) is 1.43. The molecule has 0 unspecified atom stereocenters. The number of imide groups is 1. The first-order valence-electron chi connectivity index (χ1n) is 7.04. The zero-order valence-corrected chi connectivity index (χ0v) is 13.1. The number of fused-ring (bicyclic) bond motifs is 1. The third-order valence-corrected chi connectivity index (χ3v) is 4.50. The number of carbonyl (C=O) groups is 3. The van der Waals surface area contributed by atoms with Gasteiger partial charge in [0, 0.05) is 29.2 Å². The normalized spacial score (nSPS) is 16.7. The second-order valence-electron chi connectivity index (χ2n) is 5.03. The number of carbonyl (C=O) groups excluding carboxylic acids is 3. The maximum atomic E-state index is 12.2. The Morgan fingerprint density at radius 3 is 2.70 bits per heavy atom. The molecule has 0 aliphatic carbocycles. The molecule has 1 aromatic heterocycles. The van der Waals surface area contributed by atoms with Gasteiger partial charge in [-0.3, -0.25) is 14.5 Å². The minimum Gasteiger partial charge on any atom is -0.548 e. The van der Waals surface area contributed by atoms with Gasteiger partial charge in [0.1, 0.15) is 0 Å². The number of aromatic nitrogens is 1. The molecular weight excluding hydrogens is 316 g/mol. The van der Waals surface area contributed by atoms with Gasteiger partial charge in [-0.05, 0) is 30.8 Å². The molecule has 1 saturated heterocycles. The van der Waals surface area contributed by atoms with Crippen LogP contribution in [0, 0.1) is 0 Å². The number of nitrogens with zero attached hydrogens (tertiary/aromatic N) is 2. The van der Waals surface area contributed by atoms with Crippen LogP contribution in [0.25, 0.3) is 17.0 Å². The smallest absolute Gasteiger partial charge is 0.293 e. The Balaban J connectivity index is 2.07. The first-order chi connectivity index (χ1) is 11.0. The Morgan fingerprint density at radius 1 is 1.30 bits per heavy atom. The molecule has 0 N–H and O–H groups in total. The molecule has 0 bridgehead atoms. The molecule has 6 nitrogen and oxygen atoms in total. The van der Waals surface area contributed by atoms with Crippen LogP contribution in [0.4, 0.5) is 4.79 Å². The van der Waals surface area contributed by atoms with Gasteiger partial charge in [0.15, 0.2) is 0 Å². The summed E-state index contributed by atoms with van der Waals surface area (Å²) in [5, 5.41) is 11.4. The van der Waals surface area contributed by atoms with Crippen molar-refractivity contribution in [3.63, 3.8) is 0 Å². The Hall–Kier alpha value is -2.54. The lowest BCUT2D eigenvalue weighted by molar-refractivity contribution is -0.306. The number of rotatable bonds is 4. The standard InChI is InChI=1S/C16H14N2O4S/c1-2-18-15(21)13(23-16(18)22)7-10-8-17(9-14(19)20)12-6-4-3-5-11(10)12/h3-8H,2,9H2,1H3,(H,19,20)/p-1/b13-7-. The van der Waals surface area contributed by atoms with Gasteiger partial charge >= 0.3 is 0 Å². The molecule has 23 heavy (non-hydrogen) atoms. The molecule has 1 aliphatic rings. The molecule has 0 atom stereocenters. The van der Waals surface area contributed by atoms with E-state index < -0.39 is 5.97 Å². The van der Waals surface area contributed by atoms with Gasteiger partial charge in [0.25, 0.3) is 11.1 Å². The van der Waals surface area contributed by atoms with E-state index in [9.17, 15) is 19.5 Å². The number of likely N-dealkylation sites (N-methyl/N-ethyl adjacent to an activating group) is 1. The summed E-state index contributed by atoms with van der Waals surface area (Å²) in [4.78, 5) is 36.3. The van der Waals surface area contributed by atoms with E-state index in [-0.39, 0.29) is 17.7 Å². The molecule has 1 aliphatic heterocycles. The average Bonchev–Trinajstić information content (AvgIpc) is 2.98. The molecule has 7 heteroatoms. The van der Waals surface area contributed by atoms with E-state index >= 15 is 0 Å². The van der Waals surface area contributed by atoms with E-state index in [1.807, 2.05) is 18.2 Å². The number of carboxylic acid groups (broad SMARTS) is 1. The summed E-state index contributed by atoms with van der Waals surface area (Å²) >= 11 is 0.894. The maximum Gasteiger partial charge on any atom is 0.293 e. The summed E-state index contributed by atoms with van der Waals surface area (Å²) in [6.45, 7) is 1.80. The lowest BCUT2D eigenvalue weighted by Crippen LogP contribution is -2.27. The Kier molecular flexibility index (Phi) is 3.96. The quantitative estimate of drug-likeness (QED) is 0.793. The van der Waals surface area contributed by atoms with Crippen LogP contribution in [0.3, 0.4) is 0 Å². The number of amides is 2. The van der Waals surface area contributed by atoms with Crippen molar-refractivity contribution in [2.45, 2.75) is 13.5 Å². The molecule has 0 saturated carbocycles. The molecule has 1 fully saturated rings. The molecule has 2 aromatic rings. The van der Waals surface area contributed by atoms with Crippen molar-refractivity contribution in [1.82, 2.24) is 9.47 Å². The third kappa shape index (κ3) is 2.75. The highest BCUT2D eigenvalue weighted by Gasteiger charge is 2.33. The summed E-state index contributed by atoms with van der Waals surface area (Å²) in [6.07, 6.45) is 3.29. The summed E-state index contributed by atoms with van der Waals surface area (Å²) in [6, 6.07) is 7.29. The number of aliphatic carboxylic acids is 1. The first-order valence-corrected chi connectivity index (χ1v) is 7.86. The van der Waals surface area contributed by atoms with Gasteiger partial charge in [0.05, 0.1) is 17.4 Å². The Bertz CT molecular complexity index is 853. The van der Waals surface area contributed by atoms with Crippen LogP contribution >= 0.6 is 11.8 Å². The molecule has 0 spiro atoms. The third-order valence-electron chi connectivity index (χ3n) is 3.60. The van der Waals surface area contributed by atoms with E-state index in [0.29, 0.717) is 17.0 Å². The minimum absolute atomic E-state index is 0.273. The number of carboxylic acids is 1.